The first-order valence-corrected chi connectivity index (χ1v) is 9.79. The Morgan fingerprint density at radius 2 is 1.70 bits per heavy atom. The Balaban J connectivity index is 1.55. The highest BCUT2D eigenvalue weighted by molar-refractivity contribution is 9.10. The average molecular weight is 438 g/mol. The second kappa shape index (κ2) is 8.29. The van der Waals surface area contributed by atoms with Crippen molar-refractivity contribution < 1.29 is 19.1 Å². The van der Waals surface area contributed by atoms with E-state index >= 15 is 0 Å². The van der Waals surface area contributed by atoms with Gasteiger partial charge in [0.1, 0.15) is 12.2 Å². The number of hydrogen-bond acceptors (Lipinski definition) is 4. The zero-order valence-electron chi connectivity index (χ0n) is 15.5. The van der Waals surface area contributed by atoms with Gasteiger partial charge in [-0.2, -0.15) is 0 Å². The summed E-state index contributed by atoms with van der Waals surface area (Å²) in [6.07, 6.45) is 0.192. The smallest absolute Gasteiger partial charge is 0.232 e. The van der Waals surface area contributed by atoms with Crippen LogP contribution in [0.1, 0.15) is 12.0 Å². The fraction of sp³-hybridized carbons (Fsp3) is 0.526. The van der Waals surface area contributed by atoms with E-state index in [1.54, 1.807) is 12.0 Å². The topological polar surface area (TPSA) is 79.0 Å². The number of ether oxygens (including phenoxy) is 1. The summed E-state index contributed by atoms with van der Waals surface area (Å²) in [6.45, 7) is 2.55. The number of halogens is 1. The molecule has 2 unspecified atom stereocenters. The molecule has 146 valence electrons. The fourth-order valence-corrected chi connectivity index (χ4v) is 4.22. The summed E-state index contributed by atoms with van der Waals surface area (Å²) in [6, 6.07) is 5.66. The molecule has 1 N–H and O–H groups in total. The van der Waals surface area contributed by atoms with Crippen LogP contribution in [0.2, 0.25) is 0 Å². The summed E-state index contributed by atoms with van der Waals surface area (Å²) in [5, 5.41) is 2.48. The maximum atomic E-state index is 12.7. The van der Waals surface area contributed by atoms with Crippen molar-refractivity contribution >= 4 is 33.7 Å². The van der Waals surface area contributed by atoms with Gasteiger partial charge in [-0.1, -0.05) is 22.0 Å². The van der Waals surface area contributed by atoms with E-state index in [1.165, 1.54) is 7.05 Å². The highest BCUT2D eigenvalue weighted by Crippen LogP contribution is 2.32. The molecule has 8 heteroatoms. The van der Waals surface area contributed by atoms with Crippen LogP contribution in [0.3, 0.4) is 0 Å². The van der Waals surface area contributed by atoms with Gasteiger partial charge in [0, 0.05) is 55.1 Å². The summed E-state index contributed by atoms with van der Waals surface area (Å²) in [7, 11) is 3.12. The lowest BCUT2D eigenvalue weighted by molar-refractivity contribution is -0.135. The number of benzene rings is 1. The predicted octanol–water partition coefficient (Wildman–Crippen LogP) is 1.05. The molecule has 2 saturated heterocycles. The van der Waals surface area contributed by atoms with Crippen LogP contribution >= 0.6 is 15.9 Å². The van der Waals surface area contributed by atoms with Crippen molar-refractivity contribution in [3.05, 3.63) is 28.2 Å². The summed E-state index contributed by atoms with van der Waals surface area (Å²) >= 11 is 3.41. The first-order valence-electron chi connectivity index (χ1n) is 8.99. The largest absolute Gasteiger partial charge is 0.496 e. The third-order valence-corrected chi connectivity index (χ3v) is 5.87. The van der Waals surface area contributed by atoms with E-state index in [4.69, 9.17) is 4.74 Å². The minimum Gasteiger partial charge on any atom is -0.496 e. The Labute approximate surface area is 167 Å². The van der Waals surface area contributed by atoms with Gasteiger partial charge in [0.05, 0.1) is 13.5 Å². The monoisotopic (exact) mass is 437 g/mol. The van der Waals surface area contributed by atoms with Crippen LogP contribution in [0, 0.1) is 11.8 Å². The molecule has 1 aromatic carbocycles. The molecule has 2 atom stereocenters. The van der Waals surface area contributed by atoms with E-state index in [0.717, 1.165) is 10.0 Å². The van der Waals surface area contributed by atoms with Crippen LogP contribution in [0.4, 0.5) is 0 Å². The van der Waals surface area contributed by atoms with Gasteiger partial charge in [0.15, 0.2) is 0 Å². The number of hydrogen-bond donors (Lipinski definition) is 1. The van der Waals surface area contributed by atoms with Gasteiger partial charge >= 0.3 is 0 Å². The van der Waals surface area contributed by atoms with Crippen molar-refractivity contribution in [2.45, 2.75) is 12.8 Å². The molecule has 27 heavy (non-hydrogen) atoms. The number of nitrogens with zero attached hydrogens (tertiary/aromatic N) is 2. The van der Waals surface area contributed by atoms with Crippen molar-refractivity contribution in [3.8, 4) is 5.75 Å². The van der Waals surface area contributed by atoms with Crippen molar-refractivity contribution in [3.63, 3.8) is 0 Å². The first kappa shape index (κ1) is 19.7. The highest BCUT2D eigenvalue weighted by Gasteiger charge is 2.43. The Morgan fingerprint density at radius 1 is 1.11 bits per heavy atom. The Hall–Kier alpha value is -2.09. The maximum absolute atomic E-state index is 12.7. The molecule has 0 spiro atoms. The Morgan fingerprint density at radius 3 is 2.26 bits per heavy atom. The zero-order chi connectivity index (χ0) is 19.6. The molecule has 7 nitrogen and oxygen atoms in total. The lowest BCUT2D eigenvalue weighted by Gasteiger charge is -2.22. The molecule has 3 amide bonds. The summed E-state index contributed by atoms with van der Waals surface area (Å²) in [5.74, 6) is 0.943. The van der Waals surface area contributed by atoms with Gasteiger partial charge in [-0.25, -0.2) is 0 Å². The van der Waals surface area contributed by atoms with Gasteiger partial charge in [-0.3, -0.25) is 14.4 Å². The molecule has 0 saturated carbocycles. The molecule has 3 rings (SSSR count). The molecule has 0 bridgehead atoms. The minimum atomic E-state index is -0.266. The van der Waals surface area contributed by atoms with Gasteiger partial charge in [-0.15, -0.1) is 0 Å². The third-order valence-electron chi connectivity index (χ3n) is 5.37. The number of fused-ring (bicyclic) bond motifs is 1. The number of methoxy groups -OCH3 is 1. The van der Waals surface area contributed by atoms with Crippen LogP contribution in [0.15, 0.2) is 22.7 Å². The second-order valence-electron chi connectivity index (χ2n) is 7.10. The predicted molar refractivity (Wildman–Crippen MR) is 103 cm³/mol. The Bertz CT molecular complexity index is 740. The lowest BCUT2D eigenvalue weighted by Crippen LogP contribution is -2.37. The minimum absolute atomic E-state index is 0.0771. The number of carbonyl (C=O) groups is 3. The molecule has 0 aromatic heterocycles. The van der Waals surface area contributed by atoms with Gasteiger partial charge in [0.25, 0.3) is 0 Å². The summed E-state index contributed by atoms with van der Waals surface area (Å²) in [5.41, 5.74) is 0.866. The van der Waals surface area contributed by atoms with Crippen LogP contribution in [-0.4, -0.2) is 67.9 Å². The third kappa shape index (κ3) is 4.43. The quantitative estimate of drug-likeness (QED) is 0.698. The first-order chi connectivity index (χ1) is 12.9. The van der Waals surface area contributed by atoms with Crippen LogP contribution in [0.5, 0.6) is 5.75 Å². The summed E-state index contributed by atoms with van der Waals surface area (Å²) < 4.78 is 6.28. The van der Waals surface area contributed by atoms with Gasteiger partial charge < -0.3 is 19.9 Å². The lowest BCUT2D eigenvalue weighted by atomic mass is 10.0. The molecular formula is C19H24BrN3O4. The van der Waals surface area contributed by atoms with Crippen molar-refractivity contribution in [1.29, 1.82) is 0 Å². The SMILES string of the molecule is CNC(=O)CC(=O)N1CC2CN(C(=O)Cc3ccc(Br)cc3OC)CC2C1. The maximum Gasteiger partial charge on any atom is 0.232 e. The van der Waals surface area contributed by atoms with Crippen molar-refractivity contribution in [2.24, 2.45) is 11.8 Å². The fourth-order valence-electron chi connectivity index (χ4n) is 3.88. The normalized spacial score (nSPS) is 21.1. The van der Waals surface area contributed by atoms with E-state index in [1.807, 2.05) is 23.1 Å². The van der Waals surface area contributed by atoms with Crippen LogP contribution < -0.4 is 10.1 Å². The molecule has 1 aromatic rings. The Kier molecular flexibility index (Phi) is 6.04. The molecular weight excluding hydrogens is 414 g/mol. The molecule has 0 radical (unpaired) electrons. The number of carbonyl (C=O) groups excluding carboxylic acids is 3. The van der Waals surface area contributed by atoms with Gasteiger partial charge in [-0.05, 0) is 12.1 Å². The van der Waals surface area contributed by atoms with Crippen LogP contribution in [-0.2, 0) is 20.8 Å². The van der Waals surface area contributed by atoms with E-state index < -0.39 is 0 Å². The molecule has 0 aliphatic carbocycles. The number of rotatable bonds is 5. The molecule has 2 aliphatic heterocycles. The van der Waals surface area contributed by atoms with E-state index in [2.05, 4.69) is 21.2 Å². The average Bonchev–Trinajstić information content (AvgIpc) is 3.22. The number of nitrogens with one attached hydrogen (secondary N) is 1. The van der Waals surface area contributed by atoms with Crippen LogP contribution in [0.25, 0.3) is 0 Å². The standard InChI is InChI=1S/C19H24BrN3O4/c1-21-17(24)7-19(26)23-10-13-8-22(9-14(13)11-23)18(25)5-12-3-4-15(20)6-16(12)27-2/h3-4,6,13-14H,5,7-11H2,1-2H3,(H,21,24). The zero-order valence-corrected chi connectivity index (χ0v) is 17.1. The molecule has 2 fully saturated rings. The second-order valence-corrected chi connectivity index (χ2v) is 8.02. The highest BCUT2D eigenvalue weighted by atomic mass is 79.9. The number of likely N-dealkylation sites (tertiary alicyclic amines) is 2. The summed E-state index contributed by atoms with van der Waals surface area (Å²) in [4.78, 5) is 39.9. The van der Waals surface area contributed by atoms with E-state index in [-0.39, 0.29) is 36.0 Å². The van der Waals surface area contributed by atoms with E-state index in [9.17, 15) is 14.4 Å². The van der Waals surface area contributed by atoms with Gasteiger partial charge in [0.2, 0.25) is 17.7 Å². The van der Waals surface area contributed by atoms with Crippen molar-refractivity contribution in [1.82, 2.24) is 15.1 Å². The van der Waals surface area contributed by atoms with E-state index in [0.29, 0.717) is 38.3 Å². The molecule has 2 heterocycles. The molecule has 2 aliphatic rings. The van der Waals surface area contributed by atoms with Crippen molar-refractivity contribution in [2.75, 3.05) is 40.3 Å². The number of amides is 3.